The molecule has 0 atom stereocenters. The monoisotopic (exact) mass is 263 g/mol. The van der Waals surface area contributed by atoms with Crippen LogP contribution < -0.4 is 5.32 Å². The Bertz CT molecular complexity index is 444. The Hall–Kier alpha value is -1.32. The third kappa shape index (κ3) is 3.58. The van der Waals surface area contributed by atoms with E-state index in [0.717, 1.165) is 23.5 Å². The molecule has 1 aromatic rings. The second-order valence-electron chi connectivity index (χ2n) is 5.76. The number of carbonyl (C=O) groups excluding carboxylic acids is 1. The van der Waals surface area contributed by atoms with Crippen molar-refractivity contribution in [2.24, 2.45) is 13.0 Å². The summed E-state index contributed by atoms with van der Waals surface area (Å²) < 4.78 is 1.85. The lowest BCUT2D eigenvalue weighted by molar-refractivity contribution is -0.120. The number of rotatable bonds is 4. The van der Waals surface area contributed by atoms with Crippen molar-refractivity contribution in [1.82, 2.24) is 15.1 Å². The third-order valence-electron chi connectivity index (χ3n) is 4.31. The molecule has 0 bridgehead atoms. The Labute approximate surface area is 115 Å². The summed E-state index contributed by atoms with van der Waals surface area (Å²) in [6.07, 6.45) is 7.00. The summed E-state index contributed by atoms with van der Waals surface area (Å²) in [7, 11) is 1.92. The Morgan fingerprint density at radius 2 is 2.00 bits per heavy atom. The maximum atomic E-state index is 12.0. The van der Waals surface area contributed by atoms with Gasteiger partial charge in [0, 0.05) is 24.8 Å². The van der Waals surface area contributed by atoms with E-state index < -0.39 is 0 Å². The van der Waals surface area contributed by atoms with Crippen molar-refractivity contribution >= 4 is 5.91 Å². The van der Waals surface area contributed by atoms with Crippen LogP contribution in [0.15, 0.2) is 0 Å². The fourth-order valence-corrected chi connectivity index (χ4v) is 2.95. The molecule has 106 valence electrons. The predicted molar refractivity (Wildman–Crippen MR) is 76.0 cm³/mol. The van der Waals surface area contributed by atoms with Gasteiger partial charge in [-0.1, -0.05) is 19.3 Å². The van der Waals surface area contributed by atoms with E-state index in [9.17, 15) is 4.79 Å². The summed E-state index contributed by atoms with van der Waals surface area (Å²) in [6.45, 7) is 4.83. The Morgan fingerprint density at radius 3 is 2.58 bits per heavy atom. The molecule has 0 saturated heterocycles. The van der Waals surface area contributed by atoms with Crippen LogP contribution in [0.1, 0.15) is 49.1 Å². The Kier molecular flexibility index (Phi) is 4.61. The molecule has 1 heterocycles. The number of aromatic nitrogens is 2. The lowest BCUT2D eigenvalue weighted by Crippen LogP contribution is -2.31. The van der Waals surface area contributed by atoms with E-state index in [2.05, 4.69) is 10.4 Å². The first-order valence-electron chi connectivity index (χ1n) is 7.33. The maximum absolute atomic E-state index is 12.0. The van der Waals surface area contributed by atoms with E-state index in [-0.39, 0.29) is 5.91 Å². The SMILES string of the molecule is Cc1nn(C)c(C)c1CC(=O)NCC1CCCCC1. The van der Waals surface area contributed by atoms with Gasteiger partial charge in [0.05, 0.1) is 12.1 Å². The highest BCUT2D eigenvalue weighted by Gasteiger charge is 2.16. The van der Waals surface area contributed by atoms with E-state index in [4.69, 9.17) is 0 Å². The molecule has 4 nitrogen and oxygen atoms in total. The molecule has 1 amide bonds. The summed E-state index contributed by atoms with van der Waals surface area (Å²) >= 11 is 0. The minimum atomic E-state index is 0.129. The molecule has 1 aliphatic rings. The average Bonchev–Trinajstić information content (AvgIpc) is 2.64. The molecule has 1 saturated carbocycles. The minimum Gasteiger partial charge on any atom is -0.356 e. The van der Waals surface area contributed by atoms with Crippen molar-refractivity contribution < 1.29 is 4.79 Å². The molecule has 1 aliphatic carbocycles. The largest absolute Gasteiger partial charge is 0.356 e. The Balaban J connectivity index is 1.83. The van der Waals surface area contributed by atoms with Crippen molar-refractivity contribution in [3.8, 4) is 0 Å². The van der Waals surface area contributed by atoms with Crippen LogP contribution in [0.3, 0.4) is 0 Å². The smallest absolute Gasteiger partial charge is 0.224 e. The molecule has 0 radical (unpaired) electrons. The highest BCUT2D eigenvalue weighted by atomic mass is 16.1. The second-order valence-corrected chi connectivity index (χ2v) is 5.76. The normalized spacial score (nSPS) is 16.6. The fourth-order valence-electron chi connectivity index (χ4n) is 2.95. The van der Waals surface area contributed by atoms with E-state index in [1.165, 1.54) is 32.1 Å². The number of carbonyl (C=O) groups is 1. The minimum absolute atomic E-state index is 0.129. The van der Waals surface area contributed by atoms with Crippen molar-refractivity contribution in [1.29, 1.82) is 0 Å². The van der Waals surface area contributed by atoms with Crippen molar-refractivity contribution in [3.63, 3.8) is 0 Å². The number of hydrogen-bond acceptors (Lipinski definition) is 2. The van der Waals surface area contributed by atoms with E-state index in [1.54, 1.807) is 0 Å². The van der Waals surface area contributed by atoms with E-state index >= 15 is 0 Å². The fraction of sp³-hybridized carbons (Fsp3) is 0.733. The molecule has 2 rings (SSSR count). The molecule has 19 heavy (non-hydrogen) atoms. The van der Waals surface area contributed by atoms with Gasteiger partial charge >= 0.3 is 0 Å². The van der Waals surface area contributed by atoms with Crippen LogP contribution in [0.2, 0.25) is 0 Å². The average molecular weight is 263 g/mol. The topological polar surface area (TPSA) is 46.9 Å². The molecule has 0 spiro atoms. The van der Waals surface area contributed by atoms with Crippen LogP contribution in [-0.2, 0) is 18.3 Å². The van der Waals surface area contributed by atoms with Gasteiger partial charge in [0.25, 0.3) is 0 Å². The maximum Gasteiger partial charge on any atom is 0.224 e. The van der Waals surface area contributed by atoms with Crippen LogP contribution in [0.25, 0.3) is 0 Å². The molecule has 0 aromatic carbocycles. The second kappa shape index (κ2) is 6.22. The van der Waals surface area contributed by atoms with Gasteiger partial charge in [0.2, 0.25) is 5.91 Å². The third-order valence-corrected chi connectivity index (χ3v) is 4.31. The number of aryl methyl sites for hydroxylation is 2. The molecule has 1 N–H and O–H groups in total. The zero-order chi connectivity index (χ0) is 13.8. The Morgan fingerprint density at radius 1 is 1.32 bits per heavy atom. The molecule has 1 aromatic heterocycles. The van der Waals surface area contributed by atoms with Gasteiger partial charge in [0.15, 0.2) is 0 Å². The summed E-state index contributed by atoms with van der Waals surface area (Å²) in [5, 5.41) is 7.44. The van der Waals surface area contributed by atoms with Crippen LogP contribution in [0.4, 0.5) is 0 Å². The van der Waals surface area contributed by atoms with Crippen LogP contribution in [0.5, 0.6) is 0 Å². The van der Waals surface area contributed by atoms with Crippen molar-refractivity contribution in [2.45, 2.75) is 52.4 Å². The number of amides is 1. The van der Waals surface area contributed by atoms with Gasteiger partial charge in [-0.25, -0.2) is 0 Å². The first-order chi connectivity index (χ1) is 9.08. The molecule has 0 unspecified atom stereocenters. The lowest BCUT2D eigenvalue weighted by atomic mass is 9.89. The quantitative estimate of drug-likeness (QED) is 0.906. The zero-order valence-corrected chi connectivity index (χ0v) is 12.3. The van der Waals surface area contributed by atoms with Gasteiger partial charge in [0.1, 0.15) is 0 Å². The predicted octanol–water partition coefficient (Wildman–Crippen LogP) is 2.28. The first-order valence-corrected chi connectivity index (χ1v) is 7.33. The summed E-state index contributed by atoms with van der Waals surface area (Å²) in [4.78, 5) is 12.0. The first kappa shape index (κ1) is 14.1. The summed E-state index contributed by atoms with van der Waals surface area (Å²) in [5.74, 6) is 0.818. The highest BCUT2D eigenvalue weighted by molar-refractivity contribution is 5.79. The van der Waals surface area contributed by atoms with E-state index in [1.807, 2.05) is 25.6 Å². The molecular formula is C15H25N3O. The highest BCUT2D eigenvalue weighted by Crippen LogP contribution is 2.22. The van der Waals surface area contributed by atoms with Crippen molar-refractivity contribution in [3.05, 3.63) is 17.0 Å². The van der Waals surface area contributed by atoms with E-state index in [0.29, 0.717) is 12.3 Å². The standard InChI is InChI=1S/C15H25N3O/c1-11-14(12(2)18(3)17-11)9-15(19)16-10-13-7-5-4-6-8-13/h13H,4-10H2,1-3H3,(H,16,19). The van der Waals surface area contributed by atoms with Gasteiger partial charge in [-0.3, -0.25) is 9.48 Å². The van der Waals surface area contributed by atoms with Gasteiger partial charge < -0.3 is 5.32 Å². The van der Waals surface area contributed by atoms with Gasteiger partial charge in [-0.2, -0.15) is 5.10 Å². The van der Waals surface area contributed by atoms with Gasteiger partial charge in [-0.15, -0.1) is 0 Å². The lowest BCUT2D eigenvalue weighted by Gasteiger charge is -2.21. The molecule has 1 fully saturated rings. The van der Waals surface area contributed by atoms with Crippen LogP contribution in [0, 0.1) is 19.8 Å². The molecule has 4 heteroatoms. The summed E-state index contributed by atoms with van der Waals surface area (Å²) in [5.41, 5.74) is 3.13. The molecular weight excluding hydrogens is 238 g/mol. The van der Waals surface area contributed by atoms with Crippen molar-refractivity contribution in [2.75, 3.05) is 6.54 Å². The number of nitrogens with one attached hydrogen (secondary N) is 1. The summed E-state index contributed by atoms with van der Waals surface area (Å²) in [6, 6.07) is 0. The number of hydrogen-bond donors (Lipinski definition) is 1. The number of nitrogens with zero attached hydrogens (tertiary/aromatic N) is 2. The zero-order valence-electron chi connectivity index (χ0n) is 12.3. The molecule has 0 aliphatic heterocycles. The van der Waals surface area contributed by atoms with Crippen LogP contribution >= 0.6 is 0 Å². The van der Waals surface area contributed by atoms with Gasteiger partial charge in [-0.05, 0) is 32.6 Å². The van der Waals surface area contributed by atoms with Crippen LogP contribution in [-0.4, -0.2) is 22.2 Å².